The maximum Gasteiger partial charge on any atom is 0.266 e. The Labute approximate surface area is 199 Å². The summed E-state index contributed by atoms with van der Waals surface area (Å²) in [6, 6.07) is 19.9. The van der Waals surface area contributed by atoms with Crippen molar-refractivity contribution in [1.29, 1.82) is 0 Å². The summed E-state index contributed by atoms with van der Waals surface area (Å²) in [5.74, 6) is 1.81. The molecule has 1 aliphatic rings. The molecule has 9 heteroatoms. The van der Waals surface area contributed by atoms with E-state index in [0.29, 0.717) is 45.5 Å². The van der Waals surface area contributed by atoms with Gasteiger partial charge in [-0.25, -0.2) is 4.98 Å². The summed E-state index contributed by atoms with van der Waals surface area (Å²) in [6.45, 7) is 0.551. The Morgan fingerprint density at radius 3 is 2.76 bits per heavy atom. The minimum absolute atomic E-state index is 0.0878. The van der Waals surface area contributed by atoms with E-state index in [0.717, 1.165) is 5.56 Å². The molecule has 34 heavy (non-hydrogen) atoms. The van der Waals surface area contributed by atoms with Crippen LogP contribution in [0, 0.1) is 0 Å². The minimum atomic E-state index is -0.224. The molecule has 5 rings (SSSR count). The highest BCUT2D eigenvalue weighted by molar-refractivity contribution is 7.99. The van der Waals surface area contributed by atoms with Crippen molar-refractivity contribution in [2.75, 3.05) is 19.7 Å². The number of benzene rings is 3. The average molecular weight is 476 g/mol. The third-order valence-corrected chi connectivity index (χ3v) is 6.27. The number of rotatable bonds is 7. The third kappa shape index (κ3) is 4.29. The Kier molecular flexibility index (Phi) is 6.09. The summed E-state index contributed by atoms with van der Waals surface area (Å²) in [5, 5.41) is 3.80. The van der Waals surface area contributed by atoms with Crippen LogP contribution in [0.25, 0.3) is 16.6 Å². The Morgan fingerprint density at radius 2 is 1.88 bits per heavy atom. The van der Waals surface area contributed by atoms with Crippen molar-refractivity contribution in [2.45, 2.75) is 11.7 Å². The Morgan fingerprint density at radius 1 is 1.09 bits per heavy atom. The zero-order valence-electron chi connectivity index (χ0n) is 18.3. The van der Waals surface area contributed by atoms with Crippen molar-refractivity contribution in [3.05, 3.63) is 82.6 Å². The van der Waals surface area contributed by atoms with Gasteiger partial charge in [0.05, 0.1) is 29.5 Å². The van der Waals surface area contributed by atoms with E-state index in [1.54, 1.807) is 37.4 Å². The van der Waals surface area contributed by atoms with E-state index >= 15 is 0 Å². The largest absolute Gasteiger partial charge is 0.495 e. The number of methoxy groups -OCH3 is 1. The molecule has 4 aromatic rings. The fourth-order valence-electron chi connectivity index (χ4n) is 3.67. The predicted octanol–water partition coefficient (Wildman–Crippen LogP) is 3.53. The van der Waals surface area contributed by atoms with E-state index < -0.39 is 0 Å². The van der Waals surface area contributed by atoms with E-state index in [9.17, 15) is 9.59 Å². The smallest absolute Gasteiger partial charge is 0.266 e. The maximum atomic E-state index is 13.4. The van der Waals surface area contributed by atoms with Crippen molar-refractivity contribution in [1.82, 2.24) is 14.9 Å². The number of aromatic nitrogens is 2. The highest BCUT2D eigenvalue weighted by Crippen LogP contribution is 2.32. The number of hydrogen-bond donors (Lipinski definition) is 1. The highest BCUT2D eigenvalue weighted by Gasteiger charge is 2.18. The average Bonchev–Trinajstić information content (AvgIpc) is 3.34. The molecule has 172 valence electrons. The molecular formula is C25H21N3O5S. The van der Waals surface area contributed by atoms with Crippen molar-refractivity contribution < 1.29 is 19.0 Å². The molecule has 0 atom stereocenters. The summed E-state index contributed by atoms with van der Waals surface area (Å²) >= 11 is 1.19. The topological polar surface area (TPSA) is 91.7 Å². The van der Waals surface area contributed by atoms with Crippen LogP contribution in [0.15, 0.2) is 76.7 Å². The molecule has 8 nitrogen and oxygen atoms in total. The summed E-state index contributed by atoms with van der Waals surface area (Å²) in [7, 11) is 1.55. The molecular weight excluding hydrogens is 454 g/mol. The summed E-state index contributed by atoms with van der Waals surface area (Å²) in [6.07, 6.45) is 0. The van der Waals surface area contributed by atoms with Crippen molar-refractivity contribution in [3.8, 4) is 22.9 Å². The van der Waals surface area contributed by atoms with Crippen LogP contribution in [-0.2, 0) is 11.3 Å². The fourth-order valence-corrected chi connectivity index (χ4v) is 4.50. The quantitative estimate of drug-likeness (QED) is 0.323. The second-order valence-electron chi connectivity index (χ2n) is 7.48. The third-order valence-electron chi connectivity index (χ3n) is 5.33. The molecule has 0 saturated carbocycles. The number of hydrogen-bond acceptors (Lipinski definition) is 7. The zero-order valence-corrected chi connectivity index (χ0v) is 19.1. The van der Waals surface area contributed by atoms with Gasteiger partial charge >= 0.3 is 0 Å². The van der Waals surface area contributed by atoms with Gasteiger partial charge in [0.15, 0.2) is 16.7 Å². The van der Waals surface area contributed by atoms with Crippen LogP contribution in [0.5, 0.6) is 17.2 Å². The van der Waals surface area contributed by atoms with E-state index in [2.05, 4.69) is 10.3 Å². The van der Waals surface area contributed by atoms with Crippen molar-refractivity contribution in [2.24, 2.45) is 0 Å². The van der Waals surface area contributed by atoms with Crippen LogP contribution in [0.4, 0.5) is 0 Å². The van der Waals surface area contributed by atoms with Gasteiger partial charge in [0, 0.05) is 6.54 Å². The number of amides is 1. The number of carbonyl (C=O) groups is 1. The second-order valence-corrected chi connectivity index (χ2v) is 8.42. The zero-order chi connectivity index (χ0) is 23.5. The number of ether oxygens (including phenoxy) is 3. The van der Waals surface area contributed by atoms with Gasteiger partial charge in [0.25, 0.3) is 5.56 Å². The van der Waals surface area contributed by atoms with E-state index in [4.69, 9.17) is 14.2 Å². The van der Waals surface area contributed by atoms with Gasteiger partial charge in [-0.15, -0.1) is 0 Å². The van der Waals surface area contributed by atoms with Gasteiger partial charge in [0.1, 0.15) is 5.75 Å². The number of thioether (sulfide) groups is 1. The second kappa shape index (κ2) is 9.48. The lowest BCUT2D eigenvalue weighted by atomic mass is 10.2. The first kappa shape index (κ1) is 21.8. The number of nitrogens with zero attached hydrogens (tertiary/aromatic N) is 2. The molecule has 0 fully saturated rings. The van der Waals surface area contributed by atoms with Crippen molar-refractivity contribution in [3.63, 3.8) is 0 Å². The molecule has 0 spiro atoms. The Bertz CT molecular complexity index is 1440. The Hall–Kier alpha value is -3.98. The summed E-state index contributed by atoms with van der Waals surface area (Å²) in [4.78, 5) is 30.7. The minimum Gasteiger partial charge on any atom is -0.495 e. The van der Waals surface area contributed by atoms with Crippen molar-refractivity contribution >= 4 is 28.6 Å². The first-order chi connectivity index (χ1) is 16.6. The lowest BCUT2D eigenvalue weighted by Gasteiger charge is -2.15. The molecule has 0 radical (unpaired) electrons. The normalized spacial score (nSPS) is 12.0. The van der Waals surface area contributed by atoms with E-state index in [1.807, 2.05) is 36.4 Å². The molecule has 1 aromatic heterocycles. The molecule has 2 heterocycles. The first-order valence-electron chi connectivity index (χ1n) is 10.6. The van der Waals surface area contributed by atoms with E-state index in [-0.39, 0.29) is 24.0 Å². The van der Waals surface area contributed by atoms with Gasteiger partial charge < -0.3 is 19.5 Å². The molecule has 0 unspecified atom stereocenters. The number of fused-ring (bicyclic) bond motifs is 2. The summed E-state index contributed by atoms with van der Waals surface area (Å²) in [5.41, 5.74) is 1.81. The Balaban J connectivity index is 1.38. The first-order valence-corrected chi connectivity index (χ1v) is 11.6. The SMILES string of the molecule is COc1ccccc1-n1c(SCC(=O)NCc2ccc3c(c2)OCO3)nc2ccccc2c1=O. The van der Waals surface area contributed by atoms with Gasteiger partial charge in [-0.05, 0) is 42.0 Å². The number of carbonyl (C=O) groups excluding carboxylic acids is 1. The molecule has 0 saturated heterocycles. The fraction of sp³-hybridized carbons (Fsp3) is 0.160. The molecule has 1 N–H and O–H groups in total. The summed E-state index contributed by atoms with van der Waals surface area (Å²) < 4.78 is 17.7. The van der Waals surface area contributed by atoms with Gasteiger partial charge in [-0.1, -0.05) is 42.1 Å². The number of para-hydroxylation sites is 3. The van der Waals surface area contributed by atoms with Gasteiger partial charge in [-0.3, -0.25) is 14.2 Å². The van der Waals surface area contributed by atoms with Crippen LogP contribution in [-0.4, -0.2) is 35.1 Å². The molecule has 1 aliphatic heterocycles. The van der Waals surface area contributed by atoms with Crippen LogP contribution in [0.3, 0.4) is 0 Å². The van der Waals surface area contributed by atoms with Gasteiger partial charge in [-0.2, -0.15) is 0 Å². The molecule has 3 aromatic carbocycles. The predicted molar refractivity (Wildman–Crippen MR) is 129 cm³/mol. The highest BCUT2D eigenvalue weighted by atomic mass is 32.2. The van der Waals surface area contributed by atoms with Gasteiger partial charge in [0.2, 0.25) is 12.7 Å². The molecule has 0 aliphatic carbocycles. The molecule has 0 bridgehead atoms. The molecule has 1 amide bonds. The standard InChI is InChI=1S/C25H21N3O5S/c1-31-20-9-5-4-8-19(20)28-24(30)17-6-2-3-7-18(17)27-25(28)34-14-23(29)26-13-16-10-11-21-22(12-16)33-15-32-21/h2-12H,13-15H2,1H3,(H,26,29). The maximum absolute atomic E-state index is 13.4. The van der Waals surface area contributed by atoms with Crippen LogP contribution < -0.4 is 25.1 Å². The van der Waals surface area contributed by atoms with Crippen LogP contribution in [0.1, 0.15) is 5.56 Å². The monoisotopic (exact) mass is 475 g/mol. The lowest BCUT2D eigenvalue weighted by Crippen LogP contribution is -2.26. The lowest BCUT2D eigenvalue weighted by molar-refractivity contribution is -0.118. The van der Waals surface area contributed by atoms with Crippen LogP contribution >= 0.6 is 11.8 Å². The van der Waals surface area contributed by atoms with E-state index in [1.165, 1.54) is 16.3 Å². The number of nitrogens with one attached hydrogen (secondary N) is 1. The van der Waals surface area contributed by atoms with Crippen LogP contribution in [0.2, 0.25) is 0 Å².